The van der Waals surface area contributed by atoms with Crippen molar-refractivity contribution in [3.8, 4) is 5.75 Å². The largest absolute Gasteiger partial charge is 0.497 e. The minimum atomic E-state index is -0.0281. The van der Waals surface area contributed by atoms with Crippen LogP contribution in [0.3, 0.4) is 0 Å². The number of rotatable bonds is 5. The number of hydrogen-bond donors (Lipinski definition) is 2. The summed E-state index contributed by atoms with van der Waals surface area (Å²) >= 11 is 0. The van der Waals surface area contributed by atoms with Gasteiger partial charge in [0.05, 0.1) is 19.7 Å². The molecule has 1 aromatic rings. The molecule has 21 heavy (non-hydrogen) atoms. The van der Waals surface area contributed by atoms with Crippen LogP contribution >= 0.6 is 0 Å². The van der Waals surface area contributed by atoms with Gasteiger partial charge in [-0.25, -0.2) is 0 Å². The lowest BCUT2D eigenvalue weighted by atomic mass is 10.1. The van der Waals surface area contributed by atoms with Crippen molar-refractivity contribution < 1.29 is 9.53 Å². The molecule has 0 bridgehead atoms. The van der Waals surface area contributed by atoms with E-state index in [-0.39, 0.29) is 11.9 Å². The highest BCUT2D eigenvalue weighted by Gasteiger charge is 2.19. The number of nitrogens with two attached hydrogens (primary N) is 1. The van der Waals surface area contributed by atoms with Gasteiger partial charge in [0.2, 0.25) is 5.91 Å². The third-order valence-electron chi connectivity index (χ3n) is 3.97. The molecule has 0 aromatic heterocycles. The molecule has 1 aliphatic heterocycles. The molecule has 1 aromatic carbocycles. The maximum Gasteiger partial charge on any atom is 0.234 e. The lowest BCUT2D eigenvalue weighted by Crippen LogP contribution is -2.44. The van der Waals surface area contributed by atoms with Crippen LogP contribution in [-0.2, 0) is 4.79 Å². The third kappa shape index (κ3) is 4.72. The van der Waals surface area contributed by atoms with E-state index in [1.165, 1.54) is 0 Å². The quantitative estimate of drug-likeness (QED) is 0.858. The fourth-order valence-corrected chi connectivity index (χ4v) is 2.60. The van der Waals surface area contributed by atoms with Gasteiger partial charge in [0.1, 0.15) is 5.75 Å². The highest BCUT2D eigenvalue weighted by atomic mass is 16.5. The van der Waals surface area contributed by atoms with Gasteiger partial charge in [-0.2, -0.15) is 0 Å². The number of carbonyl (C=O) groups excluding carboxylic acids is 1. The number of amides is 1. The van der Waals surface area contributed by atoms with Gasteiger partial charge < -0.3 is 15.8 Å². The van der Waals surface area contributed by atoms with Crippen LogP contribution in [0.25, 0.3) is 0 Å². The van der Waals surface area contributed by atoms with Crippen molar-refractivity contribution in [2.45, 2.75) is 31.8 Å². The predicted octanol–water partition coefficient (Wildman–Crippen LogP) is 1.30. The molecule has 1 aliphatic rings. The first-order chi connectivity index (χ1) is 10.1. The Morgan fingerprint density at radius 1 is 1.48 bits per heavy atom. The van der Waals surface area contributed by atoms with E-state index in [0.29, 0.717) is 12.6 Å². The van der Waals surface area contributed by atoms with E-state index in [9.17, 15) is 4.79 Å². The van der Waals surface area contributed by atoms with Crippen LogP contribution in [-0.4, -0.2) is 43.6 Å². The van der Waals surface area contributed by atoms with Gasteiger partial charge in [0.15, 0.2) is 0 Å². The molecule has 0 unspecified atom stereocenters. The highest BCUT2D eigenvalue weighted by Crippen LogP contribution is 2.18. The molecule has 1 atom stereocenters. The summed E-state index contributed by atoms with van der Waals surface area (Å²) in [4.78, 5) is 14.3. The lowest BCUT2D eigenvalue weighted by Gasteiger charge is -2.29. The van der Waals surface area contributed by atoms with Crippen LogP contribution in [0, 0.1) is 0 Å². The molecule has 3 N–H and O–H groups in total. The van der Waals surface area contributed by atoms with Crippen molar-refractivity contribution in [1.82, 2.24) is 10.2 Å². The molecule has 0 aliphatic carbocycles. The monoisotopic (exact) mass is 291 g/mol. The number of ether oxygens (including phenoxy) is 1. The number of carbonyl (C=O) groups is 1. The van der Waals surface area contributed by atoms with E-state index in [1.54, 1.807) is 7.11 Å². The Balaban J connectivity index is 1.84. The molecule has 1 amide bonds. The normalized spacial score (nSPS) is 18.2. The van der Waals surface area contributed by atoms with Crippen molar-refractivity contribution in [1.29, 1.82) is 0 Å². The van der Waals surface area contributed by atoms with E-state index in [2.05, 4.69) is 10.2 Å². The zero-order chi connectivity index (χ0) is 15.2. The summed E-state index contributed by atoms with van der Waals surface area (Å²) in [5.41, 5.74) is 6.92. The van der Waals surface area contributed by atoms with Crippen LogP contribution in [0.2, 0.25) is 0 Å². The first-order valence-electron chi connectivity index (χ1n) is 7.49. The van der Waals surface area contributed by atoms with Crippen LogP contribution in [0.5, 0.6) is 5.75 Å². The van der Waals surface area contributed by atoms with Crippen LogP contribution in [0.15, 0.2) is 24.3 Å². The van der Waals surface area contributed by atoms with Crippen molar-refractivity contribution >= 4 is 5.91 Å². The van der Waals surface area contributed by atoms with E-state index in [0.717, 1.165) is 37.2 Å². The molecular formula is C16H25N3O2. The molecule has 0 radical (unpaired) electrons. The van der Waals surface area contributed by atoms with Crippen molar-refractivity contribution in [3.05, 3.63) is 29.8 Å². The third-order valence-corrected chi connectivity index (χ3v) is 3.97. The summed E-state index contributed by atoms with van der Waals surface area (Å²) in [7, 11) is 1.64. The predicted molar refractivity (Wildman–Crippen MR) is 83.2 cm³/mol. The molecule has 5 nitrogen and oxygen atoms in total. The summed E-state index contributed by atoms with van der Waals surface area (Å²) < 4.78 is 5.21. The first-order valence-corrected chi connectivity index (χ1v) is 7.49. The summed E-state index contributed by atoms with van der Waals surface area (Å²) in [6, 6.07) is 8.04. The van der Waals surface area contributed by atoms with E-state index >= 15 is 0 Å². The van der Waals surface area contributed by atoms with Crippen molar-refractivity contribution in [2.24, 2.45) is 5.73 Å². The van der Waals surface area contributed by atoms with Crippen molar-refractivity contribution in [2.75, 3.05) is 26.7 Å². The van der Waals surface area contributed by atoms with Gasteiger partial charge in [-0.15, -0.1) is 0 Å². The second-order valence-electron chi connectivity index (χ2n) is 5.68. The molecule has 1 fully saturated rings. The van der Waals surface area contributed by atoms with E-state index < -0.39 is 0 Å². The zero-order valence-electron chi connectivity index (χ0n) is 12.8. The summed E-state index contributed by atoms with van der Waals surface area (Å²) in [5.74, 6) is 0.861. The van der Waals surface area contributed by atoms with Crippen molar-refractivity contribution in [3.63, 3.8) is 0 Å². The Morgan fingerprint density at radius 2 is 2.19 bits per heavy atom. The zero-order valence-corrected chi connectivity index (χ0v) is 12.8. The Kier molecular flexibility index (Phi) is 5.59. The minimum Gasteiger partial charge on any atom is -0.497 e. The van der Waals surface area contributed by atoms with Gasteiger partial charge in [-0.1, -0.05) is 12.1 Å². The standard InChI is InChI=1S/C16H25N3O2/c1-12(13-4-3-5-15(10-13)21-2)18-16(20)11-19-8-6-14(17)7-9-19/h3-5,10,12,14H,6-9,11,17H2,1-2H3,(H,18,20)/t12-/m0/s1. The van der Waals surface area contributed by atoms with Crippen LogP contribution in [0.4, 0.5) is 0 Å². The molecule has 5 heteroatoms. The average Bonchev–Trinajstić information content (AvgIpc) is 2.49. The molecule has 0 saturated carbocycles. The van der Waals surface area contributed by atoms with Gasteiger partial charge in [0, 0.05) is 19.1 Å². The number of benzene rings is 1. The summed E-state index contributed by atoms with van der Waals surface area (Å²) in [6.07, 6.45) is 1.94. The number of piperidine rings is 1. The Bertz CT molecular complexity index is 470. The Morgan fingerprint density at radius 3 is 2.86 bits per heavy atom. The molecule has 0 spiro atoms. The SMILES string of the molecule is COc1cccc([C@H](C)NC(=O)CN2CCC(N)CC2)c1. The minimum absolute atomic E-state index is 0.0281. The topological polar surface area (TPSA) is 67.6 Å². The molecule has 116 valence electrons. The first kappa shape index (κ1) is 15.8. The fourth-order valence-electron chi connectivity index (χ4n) is 2.60. The maximum atomic E-state index is 12.1. The average molecular weight is 291 g/mol. The van der Waals surface area contributed by atoms with Crippen LogP contribution in [0.1, 0.15) is 31.4 Å². The smallest absolute Gasteiger partial charge is 0.234 e. The number of nitrogens with one attached hydrogen (secondary N) is 1. The summed E-state index contributed by atoms with van der Waals surface area (Å²) in [5, 5.41) is 3.04. The molecule has 2 rings (SSSR count). The maximum absolute atomic E-state index is 12.1. The van der Waals surface area contributed by atoms with Gasteiger partial charge in [-0.3, -0.25) is 9.69 Å². The molecule has 1 saturated heterocycles. The fraction of sp³-hybridized carbons (Fsp3) is 0.562. The number of hydrogen-bond acceptors (Lipinski definition) is 4. The second kappa shape index (κ2) is 7.43. The Labute approximate surface area is 126 Å². The van der Waals surface area contributed by atoms with Crippen LogP contribution < -0.4 is 15.8 Å². The lowest BCUT2D eigenvalue weighted by molar-refractivity contribution is -0.123. The van der Waals surface area contributed by atoms with E-state index in [1.807, 2.05) is 31.2 Å². The number of methoxy groups -OCH3 is 1. The van der Waals surface area contributed by atoms with Gasteiger partial charge in [-0.05, 0) is 37.5 Å². The Hall–Kier alpha value is -1.59. The number of likely N-dealkylation sites (tertiary alicyclic amines) is 1. The second-order valence-corrected chi connectivity index (χ2v) is 5.68. The van der Waals surface area contributed by atoms with Gasteiger partial charge >= 0.3 is 0 Å². The highest BCUT2D eigenvalue weighted by molar-refractivity contribution is 5.78. The number of nitrogens with zero attached hydrogens (tertiary/aromatic N) is 1. The summed E-state index contributed by atoms with van der Waals surface area (Å²) in [6.45, 7) is 4.24. The molecule has 1 heterocycles. The van der Waals surface area contributed by atoms with Gasteiger partial charge in [0.25, 0.3) is 0 Å². The van der Waals surface area contributed by atoms with E-state index in [4.69, 9.17) is 10.5 Å². The molecular weight excluding hydrogens is 266 g/mol.